The van der Waals surface area contributed by atoms with Crippen LogP contribution in [0.3, 0.4) is 0 Å². The molecule has 1 aliphatic carbocycles. The molecule has 1 aromatic carbocycles. The van der Waals surface area contributed by atoms with E-state index >= 15 is 0 Å². The molecule has 0 radical (unpaired) electrons. The predicted octanol–water partition coefficient (Wildman–Crippen LogP) is 1.15. The van der Waals surface area contributed by atoms with Gasteiger partial charge >= 0.3 is 0 Å². The number of benzene rings is 1. The van der Waals surface area contributed by atoms with Crippen LogP contribution in [0.5, 0.6) is 0 Å². The number of hydrogen-bond donors (Lipinski definition) is 3. The fraction of sp³-hybridized carbons (Fsp3) is 0.533. The fourth-order valence-corrected chi connectivity index (χ4v) is 2.96. The first-order valence-corrected chi connectivity index (χ1v) is 7.11. The Balaban J connectivity index is 1.74. The molecule has 19 heavy (non-hydrogen) atoms. The SMILES string of the molecule is OC1(CNC2=NCCCN2)CCCc2ccccc21. The highest BCUT2D eigenvalue weighted by Gasteiger charge is 2.34. The molecule has 2 aliphatic rings. The van der Waals surface area contributed by atoms with E-state index in [9.17, 15) is 5.11 Å². The molecule has 0 spiro atoms. The Morgan fingerprint density at radius 1 is 1.32 bits per heavy atom. The molecule has 1 heterocycles. The first-order valence-electron chi connectivity index (χ1n) is 7.11. The van der Waals surface area contributed by atoms with Crippen molar-refractivity contribution in [2.24, 2.45) is 4.99 Å². The number of fused-ring (bicyclic) bond motifs is 1. The van der Waals surface area contributed by atoms with Crippen molar-refractivity contribution in [1.29, 1.82) is 0 Å². The summed E-state index contributed by atoms with van der Waals surface area (Å²) in [5, 5.41) is 17.4. The normalized spacial score (nSPS) is 26.1. The van der Waals surface area contributed by atoms with Gasteiger partial charge < -0.3 is 15.7 Å². The lowest BCUT2D eigenvalue weighted by molar-refractivity contribution is 0.0233. The summed E-state index contributed by atoms with van der Waals surface area (Å²) in [5.74, 6) is 0.822. The van der Waals surface area contributed by atoms with E-state index in [0.29, 0.717) is 6.54 Å². The van der Waals surface area contributed by atoms with Crippen LogP contribution >= 0.6 is 0 Å². The van der Waals surface area contributed by atoms with Gasteiger partial charge in [0.05, 0.1) is 6.54 Å². The van der Waals surface area contributed by atoms with Gasteiger partial charge in [-0.15, -0.1) is 0 Å². The number of aryl methyl sites for hydroxylation is 1. The molecule has 0 amide bonds. The van der Waals surface area contributed by atoms with E-state index in [4.69, 9.17) is 0 Å². The third-order valence-electron chi connectivity index (χ3n) is 4.00. The Bertz CT molecular complexity index is 486. The molecule has 4 heteroatoms. The van der Waals surface area contributed by atoms with Gasteiger partial charge in [-0.2, -0.15) is 0 Å². The van der Waals surface area contributed by atoms with Crippen LogP contribution in [0.15, 0.2) is 29.3 Å². The lowest BCUT2D eigenvalue weighted by atomic mass is 9.79. The minimum absolute atomic E-state index is 0.524. The van der Waals surface area contributed by atoms with Gasteiger partial charge in [-0.3, -0.25) is 4.99 Å². The summed E-state index contributed by atoms with van der Waals surface area (Å²) in [6, 6.07) is 8.22. The van der Waals surface area contributed by atoms with Crippen LogP contribution in [0.1, 0.15) is 30.4 Å². The van der Waals surface area contributed by atoms with Crippen LogP contribution in [0.4, 0.5) is 0 Å². The Kier molecular flexibility index (Phi) is 3.42. The topological polar surface area (TPSA) is 56.6 Å². The fourth-order valence-electron chi connectivity index (χ4n) is 2.96. The zero-order chi connectivity index (χ0) is 13.1. The molecule has 0 fully saturated rings. The molecule has 0 saturated heterocycles. The van der Waals surface area contributed by atoms with E-state index in [1.807, 2.05) is 18.2 Å². The number of rotatable bonds is 2. The third-order valence-corrected chi connectivity index (χ3v) is 4.00. The molecule has 0 bridgehead atoms. The molecule has 3 N–H and O–H groups in total. The zero-order valence-corrected chi connectivity index (χ0v) is 11.2. The van der Waals surface area contributed by atoms with Gasteiger partial charge in [0.25, 0.3) is 0 Å². The monoisotopic (exact) mass is 259 g/mol. The van der Waals surface area contributed by atoms with Gasteiger partial charge in [0, 0.05) is 13.1 Å². The Morgan fingerprint density at radius 2 is 2.21 bits per heavy atom. The molecule has 1 atom stereocenters. The Morgan fingerprint density at radius 3 is 3.05 bits per heavy atom. The molecule has 0 saturated carbocycles. The zero-order valence-electron chi connectivity index (χ0n) is 11.2. The summed E-state index contributed by atoms with van der Waals surface area (Å²) in [6.07, 6.45) is 4.00. The number of nitrogens with one attached hydrogen (secondary N) is 2. The van der Waals surface area contributed by atoms with E-state index in [-0.39, 0.29) is 0 Å². The highest BCUT2D eigenvalue weighted by atomic mass is 16.3. The maximum absolute atomic E-state index is 10.9. The van der Waals surface area contributed by atoms with Crippen LogP contribution < -0.4 is 10.6 Å². The van der Waals surface area contributed by atoms with Crippen molar-refractivity contribution in [3.05, 3.63) is 35.4 Å². The number of guanidine groups is 1. The number of aliphatic hydroxyl groups is 1. The van der Waals surface area contributed by atoms with Gasteiger partial charge in [0.2, 0.25) is 0 Å². The first kappa shape index (κ1) is 12.5. The molecule has 0 aromatic heterocycles. The number of hydrogen-bond acceptors (Lipinski definition) is 4. The number of aliphatic imine (C=N–C) groups is 1. The van der Waals surface area contributed by atoms with E-state index in [1.165, 1.54) is 5.56 Å². The molecule has 1 unspecified atom stereocenters. The second kappa shape index (κ2) is 5.21. The van der Waals surface area contributed by atoms with Crippen LogP contribution in [0, 0.1) is 0 Å². The molecule has 4 nitrogen and oxygen atoms in total. The summed E-state index contributed by atoms with van der Waals surface area (Å²) in [6.45, 7) is 2.35. The number of nitrogens with zero attached hydrogens (tertiary/aromatic N) is 1. The smallest absolute Gasteiger partial charge is 0.191 e. The van der Waals surface area contributed by atoms with Gasteiger partial charge in [0.15, 0.2) is 5.96 Å². The predicted molar refractivity (Wildman–Crippen MR) is 76.2 cm³/mol. The second-order valence-corrected chi connectivity index (χ2v) is 5.41. The van der Waals surface area contributed by atoms with Gasteiger partial charge in [-0.1, -0.05) is 24.3 Å². The van der Waals surface area contributed by atoms with Crippen molar-refractivity contribution in [3.63, 3.8) is 0 Å². The van der Waals surface area contributed by atoms with Gasteiger partial charge in [-0.05, 0) is 36.8 Å². The van der Waals surface area contributed by atoms with Crippen molar-refractivity contribution < 1.29 is 5.11 Å². The van der Waals surface area contributed by atoms with Crippen LogP contribution in [0.2, 0.25) is 0 Å². The Labute approximate surface area is 113 Å². The van der Waals surface area contributed by atoms with E-state index < -0.39 is 5.60 Å². The molecule has 102 valence electrons. The van der Waals surface area contributed by atoms with Crippen molar-refractivity contribution in [3.8, 4) is 0 Å². The standard InChI is InChI=1S/C15H21N3O/c19-15(11-18-14-16-9-4-10-17-14)8-3-6-12-5-1-2-7-13(12)15/h1-2,5,7,19H,3-4,6,8-11H2,(H2,16,17,18). The Hall–Kier alpha value is -1.55. The summed E-state index contributed by atoms with van der Waals surface area (Å²) in [4.78, 5) is 4.38. The highest BCUT2D eigenvalue weighted by Crippen LogP contribution is 2.34. The lowest BCUT2D eigenvalue weighted by Gasteiger charge is -2.35. The minimum Gasteiger partial charge on any atom is -0.383 e. The lowest BCUT2D eigenvalue weighted by Crippen LogP contribution is -2.48. The quantitative estimate of drug-likeness (QED) is 0.747. The minimum atomic E-state index is -0.767. The van der Waals surface area contributed by atoms with Gasteiger partial charge in [-0.25, -0.2) is 0 Å². The summed E-state index contributed by atoms with van der Waals surface area (Å²) >= 11 is 0. The maximum atomic E-state index is 10.9. The first-order chi connectivity index (χ1) is 9.28. The van der Waals surface area contributed by atoms with Gasteiger partial charge in [0.1, 0.15) is 5.60 Å². The van der Waals surface area contributed by atoms with Crippen molar-refractivity contribution in [2.75, 3.05) is 19.6 Å². The molecule has 3 rings (SSSR count). The highest BCUT2D eigenvalue weighted by molar-refractivity contribution is 5.80. The van der Waals surface area contributed by atoms with Crippen molar-refractivity contribution in [1.82, 2.24) is 10.6 Å². The third kappa shape index (κ3) is 2.59. The average Bonchev–Trinajstić information content (AvgIpc) is 2.47. The van der Waals surface area contributed by atoms with Crippen LogP contribution in [0.25, 0.3) is 0 Å². The summed E-state index contributed by atoms with van der Waals surface area (Å²) in [7, 11) is 0. The average molecular weight is 259 g/mol. The molecular weight excluding hydrogens is 238 g/mol. The molecule has 1 aliphatic heterocycles. The van der Waals surface area contributed by atoms with E-state index in [0.717, 1.165) is 50.3 Å². The largest absolute Gasteiger partial charge is 0.383 e. The maximum Gasteiger partial charge on any atom is 0.191 e. The summed E-state index contributed by atoms with van der Waals surface area (Å²) in [5.41, 5.74) is 1.58. The summed E-state index contributed by atoms with van der Waals surface area (Å²) < 4.78 is 0. The molecule has 1 aromatic rings. The van der Waals surface area contributed by atoms with E-state index in [1.54, 1.807) is 0 Å². The van der Waals surface area contributed by atoms with Crippen LogP contribution in [-0.4, -0.2) is 30.7 Å². The van der Waals surface area contributed by atoms with Crippen molar-refractivity contribution >= 4 is 5.96 Å². The molecular formula is C15H21N3O. The van der Waals surface area contributed by atoms with E-state index in [2.05, 4.69) is 21.7 Å². The second-order valence-electron chi connectivity index (χ2n) is 5.41. The van der Waals surface area contributed by atoms with Crippen molar-refractivity contribution in [2.45, 2.75) is 31.3 Å². The van der Waals surface area contributed by atoms with Crippen LogP contribution in [-0.2, 0) is 12.0 Å².